The highest BCUT2D eigenvalue weighted by Crippen LogP contribution is 2.15. The zero-order chi connectivity index (χ0) is 19.9. The molecule has 142 valence electrons. The van der Waals surface area contributed by atoms with E-state index in [9.17, 15) is 18.4 Å². The highest BCUT2D eigenvalue weighted by Gasteiger charge is 2.12. The number of hydrogen-bond donors (Lipinski definition) is 2. The summed E-state index contributed by atoms with van der Waals surface area (Å²) in [6.45, 7) is -0.00948. The fourth-order valence-electron chi connectivity index (χ4n) is 2.41. The summed E-state index contributed by atoms with van der Waals surface area (Å²) in [7, 11) is 0. The average Bonchev–Trinajstić information content (AvgIpc) is 2.69. The van der Waals surface area contributed by atoms with Crippen molar-refractivity contribution < 1.29 is 18.4 Å². The molecule has 3 aromatic rings. The molecule has 0 fully saturated rings. The third-order valence-corrected chi connectivity index (χ3v) is 3.78. The van der Waals surface area contributed by atoms with Crippen LogP contribution >= 0.6 is 0 Å². The lowest BCUT2D eigenvalue weighted by atomic mass is 10.2. The molecule has 0 aliphatic carbocycles. The number of carbonyl (C=O) groups is 2. The summed E-state index contributed by atoms with van der Waals surface area (Å²) in [5.41, 5.74) is 0.989. The third-order valence-electron chi connectivity index (χ3n) is 3.78. The van der Waals surface area contributed by atoms with Gasteiger partial charge in [-0.3, -0.25) is 9.59 Å². The molecule has 0 unspecified atom stereocenters. The molecule has 0 aliphatic rings. The van der Waals surface area contributed by atoms with Gasteiger partial charge in [0.15, 0.2) is 5.82 Å². The summed E-state index contributed by atoms with van der Waals surface area (Å²) in [5.74, 6) is -2.28. The predicted octanol–water partition coefficient (Wildman–Crippen LogP) is 3.18. The summed E-state index contributed by atoms with van der Waals surface area (Å²) < 4.78 is 26.4. The fraction of sp³-hybridized carbons (Fsp3) is 0.100. The minimum absolute atomic E-state index is 0.00948. The molecule has 0 saturated heterocycles. The van der Waals surface area contributed by atoms with Crippen LogP contribution in [0, 0.1) is 11.6 Å². The smallest absolute Gasteiger partial charge is 0.254 e. The minimum atomic E-state index is -0.961. The van der Waals surface area contributed by atoms with Crippen molar-refractivity contribution in [3.05, 3.63) is 78.1 Å². The van der Waals surface area contributed by atoms with Crippen molar-refractivity contribution in [2.75, 3.05) is 11.9 Å². The summed E-state index contributed by atoms with van der Waals surface area (Å²) in [5, 5.41) is 5.03. The first-order chi connectivity index (χ1) is 13.5. The number of nitrogens with zero attached hydrogens (tertiary/aromatic N) is 2. The molecular formula is C20H16F2N4O2. The van der Waals surface area contributed by atoms with Crippen molar-refractivity contribution in [1.29, 1.82) is 0 Å². The first-order valence-electron chi connectivity index (χ1n) is 8.43. The Balaban J connectivity index is 1.48. The van der Waals surface area contributed by atoms with E-state index in [1.807, 2.05) is 30.3 Å². The van der Waals surface area contributed by atoms with Crippen molar-refractivity contribution in [2.45, 2.75) is 6.42 Å². The highest BCUT2D eigenvalue weighted by molar-refractivity contribution is 5.95. The lowest BCUT2D eigenvalue weighted by molar-refractivity contribution is -0.116. The van der Waals surface area contributed by atoms with Crippen molar-refractivity contribution in [2.24, 2.45) is 0 Å². The molecule has 0 saturated carbocycles. The third kappa shape index (κ3) is 4.94. The molecule has 2 amide bonds. The Labute approximate surface area is 159 Å². The highest BCUT2D eigenvalue weighted by atomic mass is 19.1. The Morgan fingerprint density at radius 1 is 0.964 bits per heavy atom. The number of nitrogens with one attached hydrogen (secondary N) is 2. The summed E-state index contributed by atoms with van der Waals surface area (Å²) in [4.78, 5) is 32.2. The van der Waals surface area contributed by atoms with E-state index in [1.54, 1.807) is 0 Å². The van der Waals surface area contributed by atoms with Crippen LogP contribution < -0.4 is 10.6 Å². The quantitative estimate of drug-likeness (QED) is 0.686. The predicted molar refractivity (Wildman–Crippen MR) is 99.4 cm³/mol. The largest absolute Gasteiger partial charge is 0.351 e. The van der Waals surface area contributed by atoms with E-state index in [-0.39, 0.29) is 24.4 Å². The van der Waals surface area contributed by atoms with E-state index in [2.05, 4.69) is 20.6 Å². The van der Waals surface area contributed by atoms with Gasteiger partial charge in [-0.25, -0.2) is 18.7 Å². The number of aromatic nitrogens is 2. The van der Waals surface area contributed by atoms with E-state index in [0.717, 1.165) is 17.7 Å². The zero-order valence-electron chi connectivity index (χ0n) is 14.7. The number of carbonyl (C=O) groups excluding carboxylic acids is 2. The van der Waals surface area contributed by atoms with Crippen LogP contribution in [0.15, 0.2) is 60.9 Å². The van der Waals surface area contributed by atoms with Crippen LogP contribution in [0.2, 0.25) is 0 Å². The standard InChI is InChI=1S/C20H16F2N4O2/c21-14-6-7-16(17(22)10-14)20(28)23-9-8-18(27)26-15-11-24-19(25-12-15)13-4-2-1-3-5-13/h1-7,10-12H,8-9H2,(H,23,28)(H,26,27). The van der Waals surface area contributed by atoms with Gasteiger partial charge in [-0.15, -0.1) is 0 Å². The molecule has 28 heavy (non-hydrogen) atoms. The van der Waals surface area contributed by atoms with E-state index in [1.165, 1.54) is 12.4 Å². The molecule has 6 nitrogen and oxygen atoms in total. The number of amides is 2. The first-order valence-corrected chi connectivity index (χ1v) is 8.43. The molecule has 0 bridgehead atoms. The molecule has 3 rings (SSSR count). The van der Waals surface area contributed by atoms with Crippen LogP contribution in [0.1, 0.15) is 16.8 Å². The second-order valence-corrected chi connectivity index (χ2v) is 5.84. The molecule has 0 spiro atoms. The Kier molecular flexibility index (Phi) is 6.01. The second-order valence-electron chi connectivity index (χ2n) is 5.84. The Hall–Kier alpha value is -3.68. The van der Waals surface area contributed by atoms with Gasteiger partial charge in [0.1, 0.15) is 11.6 Å². The number of rotatable bonds is 6. The van der Waals surface area contributed by atoms with Gasteiger partial charge in [0.05, 0.1) is 23.6 Å². The zero-order valence-corrected chi connectivity index (χ0v) is 14.7. The van der Waals surface area contributed by atoms with Gasteiger partial charge in [0, 0.05) is 24.6 Å². The van der Waals surface area contributed by atoms with Crippen LogP contribution in [0.5, 0.6) is 0 Å². The Morgan fingerprint density at radius 2 is 1.68 bits per heavy atom. The number of anilines is 1. The van der Waals surface area contributed by atoms with Crippen LogP contribution in [0.3, 0.4) is 0 Å². The number of halogens is 2. The summed E-state index contributed by atoms with van der Waals surface area (Å²) >= 11 is 0. The van der Waals surface area contributed by atoms with Crippen molar-refractivity contribution in [3.8, 4) is 11.4 Å². The van der Waals surface area contributed by atoms with Crippen LogP contribution in [-0.4, -0.2) is 28.3 Å². The molecule has 1 heterocycles. The van der Waals surface area contributed by atoms with Crippen LogP contribution in [0.25, 0.3) is 11.4 Å². The Morgan fingerprint density at radius 3 is 2.36 bits per heavy atom. The molecule has 0 aliphatic heterocycles. The second kappa shape index (κ2) is 8.81. The fourth-order valence-corrected chi connectivity index (χ4v) is 2.41. The molecule has 0 radical (unpaired) electrons. The molecule has 1 aromatic heterocycles. The van der Waals surface area contributed by atoms with Crippen LogP contribution in [0.4, 0.5) is 14.5 Å². The van der Waals surface area contributed by atoms with Gasteiger partial charge in [-0.05, 0) is 12.1 Å². The van der Waals surface area contributed by atoms with Crippen molar-refractivity contribution in [3.63, 3.8) is 0 Å². The topological polar surface area (TPSA) is 84.0 Å². The van der Waals surface area contributed by atoms with Gasteiger partial charge >= 0.3 is 0 Å². The maximum atomic E-state index is 13.5. The minimum Gasteiger partial charge on any atom is -0.351 e. The van der Waals surface area contributed by atoms with Crippen molar-refractivity contribution in [1.82, 2.24) is 15.3 Å². The number of hydrogen-bond acceptors (Lipinski definition) is 4. The normalized spacial score (nSPS) is 10.4. The van der Waals surface area contributed by atoms with Crippen LogP contribution in [-0.2, 0) is 4.79 Å². The lowest BCUT2D eigenvalue weighted by Gasteiger charge is -2.07. The molecule has 2 aromatic carbocycles. The maximum Gasteiger partial charge on any atom is 0.254 e. The van der Waals surface area contributed by atoms with Crippen molar-refractivity contribution >= 4 is 17.5 Å². The average molecular weight is 382 g/mol. The molecule has 0 atom stereocenters. The van der Waals surface area contributed by atoms with E-state index in [0.29, 0.717) is 17.6 Å². The molecule has 2 N–H and O–H groups in total. The van der Waals surface area contributed by atoms with Gasteiger partial charge in [0.25, 0.3) is 5.91 Å². The van der Waals surface area contributed by atoms with E-state index < -0.39 is 17.5 Å². The van der Waals surface area contributed by atoms with E-state index in [4.69, 9.17) is 0 Å². The molecule has 8 heteroatoms. The maximum absolute atomic E-state index is 13.5. The summed E-state index contributed by atoms with van der Waals surface area (Å²) in [6.07, 6.45) is 2.94. The van der Waals surface area contributed by atoms with Gasteiger partial charge in [-0.1, -0.05) is 30.3 Å². The SMILES string of the molecule is O=C(CCNC(=O)c1ccc(F)cc1F)Nc1cnc(-c2ccccc2)nc1. The monoisotopic (exact) mass is 382 g/mol. The lowest BCUT2D eigenvalue weighted by Crippen LogP contribution is -2.28. The molecular weight excluding hydrogens is 366 g/mol. The van der Waals surface area contributed by atoms with Gasteiger partial charge in [0.2, 0.25) is 5.91 Å². The number of benzene rings is 2. The van der Waals surface area contributed by atoms with E-state index >= 15 is 0 Å². The van der Waals surface area contributed by atoms with Gasteiger partial charge in [-0.2, -0.15) is 0 Å². The summed E-state index contributed by atoms with van der Waals surface area (Å²) in [6, 6.07) is 12.1. The van der Waals surface area contributed by atoms with Gasteiger partial charge < -0.3 is 10.6 Å². The Bertz CT molecular complexity index is 979. The first kappa shape index (κ1) is 19.1.